The van der Waals surface area contributed by atoms with Crippen LogP contribution in [0, 0.1) is 10.1 Å². The smallest absolute Gasteiger partial charge is 0.271 e. The predicted molar refractivity (Wildman–Crippen MR) is 113 cm³/mol. The van der Waals surface area contributed by atoms with Gasteiger partial charge in [-0.3, -0.25) is 20.2 Å². The predicted octanol–water partition coefficient (Wildman–Crippen LogP) is 4.68. The number of carbonyl (C=O) groups is 1. The van der Waals surface area contributed by atoms with Gasteiger partial charge in [0, 0.05) is 17.8 Å². The van der Waals surface area contributed by atoms with Gasteiger partial charge < -0.3 is 10.1 Å². The Labute approximate surface area is 169 Å². The van der Waals surface area contributed by atoms with Gasteiger partial charge in [0.25, 0.3) is 11.6 Å². The van der Waals surface area contributed by atoms with Gasteiger partial charge in [-0.2, -0.15) is 0 Å². The third-order valence-corrected chi connectivity index (χ3v) is 4.13. The van der Waals surface area contributed by atoms with Gasteiger partial charge in [-0.15, -0.1) is 0 Å². The van der Waals surface area contributed by atoms with E-state index in [9.17, 15) is 14.9 Å². The molecule has 0 saturated carbocycles. The molecule has 28 heavy (non-hydrogen) atoms. The van der Waals surface area contributed by atoms with E-state index < -0.39 is 10.8 Å². The molecule has 7 nitrogen and oxygen atoms in total. The number of para-hydroxylation sites is 1. The fourth-order valence-electron chi connectivity index (χ4n) is 2.52. The third-order valence-electron chi connectivity index (χ3n) is 3.93. The number of nitro groups is 1. The van der Waals surface area contributed by atoms with Gasteiger partial charge in [0.2, 0.25) is 0 Å². The highest BCUT2D eigenvalue weighted by molar-refractivity contribution is 7.80. The third kappa shape index (κ3) is 6.62. The summed E-state index contributed by atoms with van der Waals surface area (Å²) in [6, 6.07) is 12.8. The lowest BCUT2D eigenvalue weighted by Gasteiger charge is -2.13. The molecule has 2 aromatic carbocycles. The molecule has 148 valence electrons. The van der Waals surface area contributed by atoms with Gasteiger partial charge in [0.1, 0.15) is 5.75 Å². The second-order valence-electron chi connectivity index (χ2n) is 6.12. The van der Waals surface area contributed by atoms with E-state index in [1.807, 2.05) is 0 Å². The molecule has 0 aliphatic heterocycles. The average Bonchev–Trinajstić information content (AvgIpc) is 2.68. The second-order valence-corrected chi connectivity index (χ2v) is 6.53. The largest absolute Gasteiger partial charge is 0.493 e. The standard InChI is InChI=1S/C20H23N3O4S/c1-2-3-4-7-13-27-18-12-6-5-11-17(18)19(24)22-20(28)21-15-9-8-10-16(14-15)23(25)26/h5-6,8-12,14H,2-4,7,13H2,1H3,(H2,21,22,24,28). The highest BCUT2D eigenvalue weighted by atomic mass is 32.1. The van der Waals surface area contributed by atoms with Gasteiger partial charge in [0.05, 0.1) is 17.1 Å². The number of benzene rings is 2. The number of hydrogen-bond donors (Lipinski definition) is 2. The van der Waals surface area contributed by atoms with Crippen molar-refractivity contribution in [2.24, 2.45) is 0 Å². The van der Waals surface area contributed by atoms with Crippen molar-refractivity contribution in [2.75, 3.05) is 11.9 Å². The quantitative estimate of drug-likeness (QED) is 0.274. The van der Waals surface area contributed by atoms with Crippen molar-refractivity contribution in [3.8, 4) is 5.75 Å². The maximum absolute atomic E-state index is 12.5. The number of nitrogens with one attached hydrogen (secondary N) is 2. The summed E-state index contributed by atoms with van der Waals surface area (Å²) in [4.78, 5) is 22.9. The molecular formula is C20H23N3O4S. The number of non-ortho nitro benzene ring substituents is 1. The van der Waals surface area contributed by atoms with Gasteiger partial charge >= 0.3 is 0 Å². The number of ether oxygens (including phenoxy) is 1. The lowest BCUT2D eigenvalue weighted by molar-refractivity contribution is -0.384. The molecular weight excluding hydrogens is 378 g/mol. The van der Waals surface area contributed by atoms with E-state index in [4.69, 9.17) is 17.0 Å². The Kier molecular flexibility index (Phi) is 8.36. The number of hydrogen-bond acceptors (Lipinski definition) is 5. The summed E-state index contributed by atoms with van der Waals surface area (Å²) in [5.41, 5.74) is 0.724. The molecule has 0 aliphatic rings. The number of nitrogens with zero attached hydrogens (tertiary/aromatic N) is 1. The van der Waals surface area contributed by atoms with E-state index in [0.29, 0.717) is 23.6 Å². The Bertz CT molecular complexity index is 842. The van der Waals surface area contributed by atoms with Crippen LogP contribution < -0.4 is 15.4 Å². The molecule has 0 radical (unpaired) electrons. The molecule has 2 N–H and O–H groups in total. The van der Waals surface area contributed by atoms with Crippen LogP contribution >= 0.6 is 12.2 Å². The molecule has 0 aromatic heterocycles. The van der Waals surface area contributed by atoms with Crippen molar-refractivity contribution < 1.29 is 14.5 Å². The molecule has 8 heteroatoms. The first-order valence-corrected chi connectivity index (χ1v) is 9.50. The summed E-state index contributed by atoms with van der Waals surface area (Å²) >= 11 is 5.15. The first kappa shape index (κ1) is 21.3. The van der Waals surface area contributed by atoms with Gasteiger partial charge in [-0.25, -0.2) is 0 Å². The number of unbranched alkanes of at least 4 members (excludes halogenated alkanes) is 3. The first-order chi connectivity index (χ1) is 13.5. The van der Waals surface area contributed by atoms with E-state index in [1.54, 1.807) is 30.3 Å². The SMILES string of the molecule is CCCCCCOc1ccccc1C(=O)NC(=S)Nc1cccc([N+](=O)[O-])c1. The average molecular weight is 401 g/mol. The van der Waals surface area contributed by atoms with Crippen molar-refractivity contribution in [2.45, 2.75) is 32.6 Å². The number of thiocarbonyl (C=S) groups is 1. The molecule has 1 amide bonds. The maximum Gasteiger partial charge on any atom is 0.271 e. The van der Waals surface area contributed by atoms with Gasteiger partial charge in [-0.1, -0.05) is 44.4 Å². The van der Waals surface area contributed by atoms with Crippen molar-refractivity contribution in [3.63, 3.8) is 0 Å². The Balaban J connectivity index is 1.95. The lowest BCUT2D eigenvalue weighted by atomic mass is 10.2. The van der Waals surface area contributed by atoms with E-state index in [1.165, 1.54) is 18.2 Å². The fraction of sp³-hybridized carbons (Fsp3) is 0.300. The topological polar surface area (TPSA) is 93.5 Å². The number of amides is 1. The zero-order valence-electron chi connectivity index (χ0n) is 15.6. The van der Waals surface area contributed by atoms with Crippen molar-refractivity contribution >= 4 is 34.6 Å². The molecule has 0 unspecified atom stereocenters. The summed E-state index contributed by atoms with van der Waals surface area (Å²) in [6.45, 7) is 2.69. The van der Waals surface area contributed by atoms with Crippen LogP contribution in [-0.4, -0.2) is 22.5 Å². The van der Waals surface area contributed by atoms with Crippen LogP contribution in [0.15, 0.2) is 48.5 Å². The van der Waals surface area contributed by atoms with Crippen molar-refractivity contribution in [3.05, 3.63) is 64.2 Å². The Morgan fingerprint density at radius 2 is 1.93 bits per heavy atom. The maximum atomic E-state index is 12.5. The summed E-state index contributed by atoms with van der Waals surface area (Å²) in [5.74, 6) is 0.0849. The van der Waals surface area contributed by atoms with Gasteiger partial charge in [0.15, 0.2) is 5.11 Å². The molecule has 0 saturated heterocycles. The van der Waals surface area contributed by atoms with Crippen molar-refractivity contribution in [1.29, 1.82) is 0 Å². The molecule has 0 bridgehead atoms. The molecule has 0 fully saturated rings. The second kappa shape index (κ2) is 11.0. The number of carbonyl (C=O) groups excluding carboxylic acids is 1. The zero-order valence-corrected chi connectivity index (χ0v) is 16.5. The summed E-state index contributed by atoms with van der Waals surface area (Å²) in [7, 11) is 0. The lowest BCUT2D eigenvalue weighted by Crippen LogP contribution is -2.34. The van der Waals surface area contributed by atoms with E-state index >= 15 is 0 Å². The molecule has 2 aromatic rings. The summed E-state index contributed by atoms with van der Waals surface area (Å²) in [5, 5.41) is 16.2. The van der Waals surface area contributed by atoms with Crippen LogP contribution in [0.25, 0.3) is 0 Å². The van der Waals surface area contributed by atoms with Crippen LogP contribution in [0.4, 0.5) is 11.4 Å². The molecule has 2 rings (SSSR count). The van der Waals surface area contributed by atoms with E-state index in [0.717, 1.165) is 25.7 Å². The molecule has 0 aliphatic carbocycles. The van der Waals surface area contributed by atoms with Crippen LogP contribution in [0.2, 0.25) is 0 Å². The summed E-state index contributed by atoms with van der Waals surface area (Å²) < 4.78 is 5.75. The van der Waals surface area contributed by atoms with Crippen LogP contribution in [0.3, 0.4) is 0 Å². The Hall–Kier alpha value is -3.00. The molecule has 0 atom stereocenters. The van der Waals surface area contributed by atoms with Crippen molar-refractivity contribution in [1.82, 2.24) is 5.32 Å². The van der Waals surface area contributed by atoms with Crippen LogP contribution in [-0.2, 0) is 0 Å². The zero-order chi connectivity index (χ0) is 20.4. The first-order valence-electron chi connectivity index (χ1n) is 9.10. The highest BCUT2D eigenvalue weighted by Crippen LogP contribution is 2.19. The highest BCUT2D eigenvalue weighted by Gasteiger charge is 2.14. The van der Waals surface area contributed by atoms with Crippen LogP contribution in [0.1, 0.15) is 43.0 Å². The minimum atomic E-state index is -0.499. The Morgan fingerprint density at radius 1 is 1.14 bits per heavy atom. The monoisotopic (exact) mass is 401 g/mol. The van der Waals surface area contributed by atoms with E-state index in [2.05, 4.69) is 17.6 Å². The minimum Gasteiger partial charge on any atom is -0.493 e. The fourth-order valence-corrected chi connectivity index (χ4v) is 2.73. The Morgan fingerprint density at radius 3 is 2.68 bits per heavy atom. The minimum absolute atomic E-state index is 0.0447. The number of rotatable bonds is 9. The van der Waals surface area contributed by atoms with Crippen LogP contribution in [0.5, 0.6) is 5.75 Å². The van der Waals surface area contributed by atoms with E-state index in [-0.39, 0.29) is 10.8 Å². The van der Waals surface area contributed by atoms with Gasteiger partial charge in [-0.05, 0) is 36.8 Å². The number of anilines is 1. The number of nitro benzene ring substituents is 1. The summed E-state index contributed by atoms with van der Waals surface area (Å²) in [6.07, 6.45) is 4.32. The molecule has 0 spiro atoms. The normalized spacial score (nSPS) is 10.2. The molecule has 0 heterocycles.